The van der Waals surface area contributed by atoms with E-state index in [1.807, 2.05) is 32.3 Å². The molecule has 21 heavy (non-hydrogen) atoms. The molecule has 0 aromatic carbocycles. The number of aromatic nitrogens is 3. The van der Waals surface area contributed by atoms with Crippen molar-refractivity contribution in [2.24, 2.45) is 0 Å². The molecule has 3 N–H and O–H groups in total. The highest BCUT2D eigenvalue weighted by atomic mass is 32.2. The zero-order valence-corrected chi connectivity index (χ0v) is 13.7. The van der Waals surface area contributed by atoms with Gasteiger partial charge in [-0.25, -0.2) is 23.1 Å². The van der Waals surface area contributed by atoms with Crippen LogP contribution >= 0.6 is 0 Å². The van der Waals surface area contributed by atoms with Gasteiger partial charge in [-0.05, 0) is 33.3 Å². The van der Waals surface area contributed by atoms with Crippen LogP contribution in [0.15, 0.2) is 6.33 Å². The number of rotatable bonds is 4. The minimum Gasteiger partial charge on any atom is -0.383 e. The molecule has 2 aromatic heterocycles. The second-order valence-corrected chi connectivity index (χ2v) is 7.76. The molecule has 0 atom stereocenters. The number of nitrogens with two attached hydrogens (primary N) is 1. The molecule has 0 aliphatic heterocycles. The summed E-state index contributed by atoms with van der Waals surface area (Å²) in [5.74, 6) is 0.438. The van der Waals surface area contributed by atoms with Gasteiger partial charge in [0, 0.05) is 17.8 Å². The van der Waals surface area contributed by atoms with Crippen molar-refractivity contribution in [2.75, 3.05) is 12.0 Å². The lowest BCUT2D eigenvalue weighted by atomic mass is 10.1. The van der Waals surface area contributed by atoms with Crippen LogP contribution in [0.1, 0.15) is 25.1 Å². The number of hydrogen-bond acceptors (Lipinski definition) is 5. The normalized spacial score (nSPS) is 13.0. The highest BCUT2D eigenvalue weighted by Gasteiger charge is 2.25. The van der Waals surface area contributed by atoms with Crippen LogP contribution in [0.4, 0.5) is 5.82 Å². The summed E-state index contributed by atoms with van der Waals surface area (Å²) in [7, 11) is -3.29. The molecule has 0 aliphatic carbocycles. The van der Waals surface area contributed by atoms with Gasteiger partial charge in [0.2, 0.25) is 10.0 Å². The lowest BCUT2D eigenvalue weighted by Crippen LogP contribution is -2.46. The fourth-order valence-corrected chi connectivity index (χ4v) is 3.69. The van der Waals surface area contributed by atoms with Gasteiger partial charge in [-0.15, -0.1) is 0 Å². The van der Waals surface area contributed by atoms with E-state index in [9.17, 15) is 8.42 Å². The summed E-state index contributed by atoms with van der Waals surface area (Å²) in [6.45, 7) is 8.04. The van der Waals surface area contributed by atoms with Gasteiger partial charge in [0.15, 0.2) is 0 Å². The molecule has 8 heteroatoms. The average molecular weight is 311 g/mol. The third-order valence-electron chi connectivity index (χ3n) is 3.45. The Hall–Kier alpha value is -1.67. The Balaban J connectivity index is 2.53. The molecular weight excluding hydrogens is 290 g/mol. The maximum absolute atomic E-state index is 11.5. The van der Waals surface area contributed by atoms with Gasteiger partial charge in [0.1, 0.15) is 17.8 Å². The minimum absolute atomic E-state index is 0.438. The van der Waals surface area contributed by atoms with E-state index in [1.165, 1.54) is 6.33 Å². The SMILES string of the molecule is Cc1c(C)n(CC(C)(C)NS(C)(=O)=O)c2ncnc(N)c12. The first kappa shape index (κ1) is 15.7. The van der Waals surface area contributed by atoms with Gasteiger partial charge in [-0.2, -0.15) is 0 Å². The van der Waals surface area contributed by atoms with E-state index in [-0.39, 0.29) is 0 Å². The van der Waals surface area contributed by atoms with Crippen molar-refractivity contribution in [3.8, 4) is 0 Å². The van der Waals surface area contributed by atoms with Crippen molar-refractivity contribution < 1.29 is 8.42 Å². The number of nitrogens with one attached hydrogen (secondary N) is 1. The number of nitrogen functional groups attached to an aromatic ring is 1. The maximum Gasteiger partial charge on any atom is 0.209 e. The van der Waals surface area contributed by atoms with Gasteiger partial charge >= 0.3 is 0 Å². The lowest BCUT2D eigenvalue weighted by molar-refractivity contribution is 0.392. The number of hydrogen-bond donors (Lipinski definition) is 2. The highest BCUT2D eigenvalue weighted by molar-refractivity contribution is 7.88. The Kier molecular flexibility index (Phi) is 3.71. The molecule has 0 radical (unpaired) electrons. The molecule has 0 saturated carbocycles. The molecule has 0 bridgehead atoms. The molecule has 7 nitrogen and oxygen atoms in total. The largest absolute Gasteiger partial charge is 0.383 e. The molecule has 0 fully saturated rings. The number of sulfonamides is 1. The first-order valence-electron chi connectivity index (χ1n) is 6.56. The first-order valence-corrected chi connectivity index (χ1v) is 8.46. The monoisotopic (exact) mass is 311 g/mol. The predicted octanol–water partition coefficient (Wildman–Crippen LogP) is 0.958. The van der Waals surface area contributed by atoms with Crippen molar-refractivity contribution in [3.63, 3.8) is 0 Å². The van der Waals surface area contributed by atoms with E-state index in [2.05, 4.69) is 14.7 Å². The van der Waals surface area contributed by atoms with Crippen LogP contribution in [0.25, 0.3) is 11.0 Å². The number of fused-ring (bicyclic) bond motifs is 1. The van der Waals surface area contributed by atoms with Crippen LogP contribution in [-0.4, -0.2) is 34.7 Å². The zero-order valence-electron chi connectivity index (χ0n) is 12.9. The predicted molar refractivity (Wildman–Crippen MR) is 83.5 cm³/mol. The number of nitrogens with zero attached hydrogens (tertiary/aromatic N) is 3. The van der Waals surface area contributed by atoms with Crippen molar-refractivity contribution in [3.05, 3.63) is 17.6 Å². The van der Waals surface area contributed by atoms with Gasteiger partial charge < -0.3 is 10.3 Å². The molecule has 0 saturated heterocycles. The van der Waals surface area contributed by atoms with Crippen LogP contribution in [-0.2, 0) is 16.6 Å². The second kappa shape index (κ2) is 4.96. The molecule has 116 valence electrons. The zero-order chi connectivity index (χ0) is 16.0. The molecule has 0 spiro atoms. The smallest absolute Gasteiger partial charge is 0.209 e. The first-order chi connectivity index (χ1) is 9.52. The van der Waals surface area contributed by atoms with Crippen molar-refractivity contribution >= 4 is 26.9 Å². The van der Waals surface area contributed by atoms with E-state index in [4.69, 9.17) is 5.73 Å². The summed E-state index contributed by atoms with van der Waals surface area (Å²) in [5.41, 5.74) is 8.02. The fourth-order valence-electron chi connectivity index (χ4n) is 2.62. The standard InChI is InChI=1S/C13H21N5O2S/c1-8-9(2)18(6-13(3,4)17-21(5,19)20)12-10(8)11(14)15-7-16-12/h7,17H,6H2,1-5H3,(H2,14,15,16). The van der Waals surface area contributed by atoms with Crippen molar-refractivity contribution in [1.29, 1.82) is 0 Å². The molecular formula is C13H21N5O2S. The van der Waals surface area contributed by atoms with Crippen LogP contribution in [0, 0.1) is 13.8 Å². The van der Waals surface area contributed by atoms with Crippen LogP contribution in [0.2, 0.25) is 0 Å². The molecule has 0 amide bonds. The molecule has 0 unspecified atom stereocenters. The fraction of sp³-hybridized carbons (Fsp3) is 0.538. The third kappa shape index (κ3) is 3.16. The lowest BCUT2D eigenvalue weighted by Gasteiger charge is -2.26. The molecule has 0 aliphatic rings. The van der Waals surface area contributed by atoms with Crippen molar-refractivity contribution in [1.82, 2.24) is 19.3 Å². The Morgan fingerprint density at radius 2 is 1.95 bits per heavy atom. The summed E-state index contributed by atoms with van der Waals surface area (Å²) in [5, 5.41) is 0.824. The number of anilines is 1. The second-order valence-electron chi connectivity index (χ2n) is 6.01. The van der Waals surface area contributed by atoms with Gasteiger partial charge in [-0.3, -0.25) is 0 Å². The molecule has 2 heterocycles. The van der Waals surface area contributed by atoms with E-state index in [1.54, 1.807) is 0 Å². The highest BCUT2D eigenvalue weighted by Crippen LogP contribution is 2.28. The topological polar surface area (TPSA) is 103 Å². The Bertz CT molecular complexity index is 792. The number of aryl methyl sites for hydroxylation is 1. The van der Waals surface area contributed by atoms with E-state index in [0.29, 0.717) is 12.4 Å². The Labute approximate surface area is 124 Å². The van der Waals surface area contributed by atoms with Crippen LogP contribution in [0.5, 0.6) is 0 Å². The minimum atomic E-state index is -3.29. The van der Waals surface area contributed by atoms with E-state index in [0.717, 1.165) is 28.5 Å². The van der Waals surface area contributed by atoms with Gasteiger partial charge in [0.25, 0.3) is 0 Å². The van der Waals surface area contributed by atoms with Crippen LogP contribution in [0.3, 0.4) is 0 Å². The van der Waals surface area contributed by atoms with Crippen LogP contribution < -0.4 is 10.5 Å². The molecule has 2 rings (SSSR count). The average Bonchev–Trinajstić information content (AvgIpc) is 2.52. The van der Waals surface area contributed by atoms with Gasteiger partial charge in [-0.1, -0.05) is 0 Å². The Morgan fingerprint density at radius 3 is 2.52 bits per heavy atom. The van der Waals surface area contributed by atoms with E-state index < -0.39 is 15.6 Å². The Morgan fingerprint density at radius 1 is 1.33 bits per heavy atom. The maximum atomic E-state index is 11.5. The third-order valence-corrected chi connectivity index (χ3v) is 4.37. The summed E-state index contributed by atoms with van der Waals surface area (Å²) >= 11 is 0. The van der Waals surface area contributed by atoms with Gasteiger partial charge in [0.05, 0.1) is 11.6 Å². The summed E-state index contributed by atoms with van der Waals surface area (Å²) in [6.07, 6.45) is 2.57. The molecule has 2 aromatic rings. The van der Waals surface area contributed by atoms with E-state index >= 15 is 0 Å². The van der Waals surface area contributed by atoms with Crippen molar-refractivity contribution in [2.45, 2.75) is 39.8 Å². The summed E-state index contributed by atoms with van der Waals surface area (Å²) < 4.78 is 27.6. The summed E-state index contributed by atoms with van der Waals surface area (Å²) in [4.78, 5) is 8.32. The quantitative estimate of drug-likeness (QED) is 0.875. The summed E-state index contributed by atoms with van der Waals surface area (Å²) in [6, 6.07) is 0.